The fraction of sp³-hybridized carbons (Fsp3) is 0.955. The predicted molar refractivity (Wildman–Crippen MR) is 129 cm³/mol. The molecule has 0 N–H and O–H groups in total. The standard InChI is InChI=1S/C22H45NO7SSi/c1-20(2,3)30-19(24)23-18(16-27-22(23,7)8)14-17(12-13-28-31(9,25)26)15-29-32(10,11)21(4,5)6/h17-18H,12-16H2,1-11H3/t17?,18-/m1/s1. The topological polar surface area (TPSA) is 91.4 Å². The fourth-order valence-electron chi connectivity index (χ4n) is 3.30. The molecule has 0 aromatic heterocycles. The molecule has 0 radical (unpaired) electrons. The van der Waals surface area contributed by atoms with E-state index in [0.29, 0.717) is 26.1 Å². The zero-order chi connectivity index (χ0) is 25.2. The molecule has 1 rings (SSSR count). The van der Waals surface area contributed by atoms with Crippen molar-refractivity contribution < 1.29 is 31.3 Å². The number of carbonyl (C=O) groups excluding carboxylic acids is 1. The molecule has 0 aliphatic carbocycles. The first-order valence-electron chi connectivity index (χ1n) is 11.3. The normalized spacial score (nSPS) is 21.0. The Morgan fingerprint density at radius 3 is 2.22 bits per heavy atom. The van der Waals surface area contributed by atoms with Crippen LogP contribution in [-0.2, 0) is 28.2 Å². The SMILES string of the molecule is CC(C)(C)OC(=O)N1[C@H](CC(CCOS(C)(=O)=O)CO[Si](C)(C)C(C)(C)C)COC1(C)C. The Labute approximate surface area is 196 Å². The van der Waals surface area contributed by atoms with Gasteiger partial charge in [-0.15, -0.1) is 0 Å². The highest BCUT2D eigenvalue weighted by molar-refractivity contribution is 7.85. The molecule has 1 heterocycles. The summed E-state index contributed by atoms with van der Waals surface area (Å²) in [6.45, 7) is 21.1. The van der Waals surface area contributed by atoms with E-state index in [0.717, 1.165) is 6.26 Å². The molecule has 1 saturated heterocycles. The molecule has 8 nitrogen and oxygen atoms in total. The van der Waals surface area contributed by atoms with Crippen molar-refractivity contribution in [3.8, 4) is 0 Å². The van der Waals surface area contributed by atoms with Gasteiger partial charge in [0.05, 0.1) is 25.5 Å². The lowest BCUT2D eigenvalue weighted by molar-refractivity contribution is -0.0633. The molecule has 1 fully saturated rings. The Morgan fingerprint density at radius 2 is 1.75 bits per heavy atom. The molecule has 1 aliphatic rings. The molecule has 10 heteroatoms. The largest absolute Gasteiger partial charge is 0.444 e. The van der Waals surface area contributed by atoms with Crippen molar-refractivity contribution >= 4 is 24.5 Å². The van der Waals surface area contributed by atoms with Crippen LogP contribution in [0.15, 0.2) is 0 Å². The van der Waals surface area contributed by atoms with Crippen molar-refractivity contribution in [1.29, 1.82) is 0 Å². The number of nitrogens with zero attached hydrogens (tertiary/aromatic N) is 1. The van der Waals surface area contributed by atoms with Gasteiger partial charge in [-0.25, -0.2) is 4.79 Å². The molecule has 0 bridgehead atoms. The van der Waals surface area contributed by atoms with Gasteiger partial charge in [0.15, 0.2) is 8.32 Å². The summed E-state index contributed by atoms with van der Waals surface area (Å²) in [7, 11) is -5.51. The molecule has 2 atom stereocenters. The Hall–Kier alpha value is -0.683. The van der Waals surface area contributed by atoms with Crippen LogP contribution >= 0.6 is 0 Å². The van der Waals surface area contributed by atoms with Crippen LogP contribution in [-0.4, -0.2) is 71.2 Å². The average Bonchev–Trinajstić information content (AvgIpc) is 2.83. The van der Waals surface area contributed by atoms with E-state index in [1.54, 1.807) is 4.90 Å². The lowest BCUT2D eigenvalue weighted by atomic mass is 9.97. The predicted octanol–water partition coefficient (Wildman–Crippen LogP) is 4.75. The van der Waals surface area contributed by atoms with Gasteiger partial charge in [0.2, 0.25) is 0 Å². The Morgan fingerprint density at radius 1 is 1.19 bits per heavy atom. The molecule has 1 unspecified atom stereocenters. The number of amides is 1. The number of hydrogen-bond acceptors (Lipinski definition) is 7. The molecule has 0 saturated carbocycles. The van der Waals surface area contributed by atoms with Crippen molar-refractivity contribution in [3.63, 3.8) is 0 Å². The maximum Gasteiger partial charge on any atom is 0.412 e. The van der Waals surface area contributed by atoms with Crippen LogP contribution in [0.2, 0.25) is 18.1 Å². The molecular formula is C22H45NO7SSi. The van der Waals surface area contributed by atoms with E-state index in [-0.39, 0.29) is 23.6 Å². The molecule has 0 aromatic rings. The van der Waals surface area contributed by atoms with Gasteiger partial charge >= 0.3 is 6.09 Å². The van der Waals surface area contributed by atoms with Crippen LogP contribution in [0, 0.1) is 5.92 Å². The van der Waals surface area contributed by atoms with E-state index >= 15 is 0 Å². The van der Waals surface area contributed by atoms with Crippen LogP contribution in [0.25, 0.3) is 0 Å². The first-order valence-corrected chi connectivity index (χ1v) is 16.0. The second-order valence-corrected chi connectivity index (χ2v) is 18.2. The summed E-state index contributed by atoms with van der Waals surface area (Å²) >= 11 is 0. The van der Waals surface area contributed by atoms with E-state index in [2.05, 4.69) is 33.9 Å². The van der Waals surface area contributed by atoms with Crippen LogP contribution in [0.3, 0.4) is 0 Å². The molecule has 32 heavy (non-hydrogen) atoms. The van der Waals surface area contributed by atoms with Gasteiger partial charge in [0.1, 0.15) is 11.3 Å². The summed E-state index contributed by atoms with van der Waals surface area (Å²) < 4.78 is 45.8. The highest BCUT2D eigenvalue weighted by Crippen LogP contribution is 2.38. The van der Waals surface area contributed by atoms with Crippen molar-refractivity contribution in [2.24, 2.45) is 5.92 Å². The van der Waals surface area contributed by atoms with Crippen LogP contribution < -0.4 is 0 Å². The summed E-state index contributed by atoms with van der Waals surface area (Å²) in [4.78, 5) is 14.6. The Balaban J connectivity index is 3.00. The fourth-order valence-corrected chi connectivity index (χ4v) is 4.78. The molecule has 1 amide bonds. The van der Waals surface area contributed by atoms with Crippen molar-refractivity contribution in [2.75, 3.05) is 26.1 Å². The first kappa shape index (κ1) is 29.3. The van der Waals surface area contributed by atoms with Gasteiger partial charge in [0, 0.05) is 6.61 Å². The molecular weight excluding hydrogens is 450 g/mol. The van der Waals surface area contributed by atoms with Crippen molar-refractivity contribution in [1.82, 2.24) is 4.90 Å². The second kappa shape index (κ2) is 10.3. The Bertz CT molecular complexity index is 738. The average molecular weight is 496 g/mol. The molecule has 1 aliphatic heterocycles. The van der Waals surface area contributed by atoms with Crippen LogP contribution in [0.4, 0.5) is 4.79 Å². The van der Waals surface area contributed by atoms with Crippen molar-refractivity contribution in [2.45, 2.75) is 104 Å². The molecule has 190 valence electrons. The number of ether oxygens (including phenoxy) is 2. The van der Waals surface area contributed by atoms with Gasteiger partial charge in [-0.05, 0) is 71.5 Å². The summed E-state index contributed by atoms with van der Waals surface area (Å²) in [6.07, 6.45) is 1.73. The number of hydrogen-bond donors (Lipinski definition) is 0. The lowest BCUT2D eigenvalue weighted by Gasteiger charge is -2.38. The Kier molecular flexibility index (Phi) is 9.44. The lowest BCUT2D eigenvalue weighted by Crippen LogP contribution is -2.50. The van der Waals surface area contributed by atoms with Gasteiger partial charge in [0.25, 0.3) is 10.1 Å². The molecule has 0 aromatic carbocycles. The third-order valence-corrected chi connectivity index (χ3v) is 11.2. The van der Waals surface area contributed by atoms with Gasteiger partial charge in [-0.2, -0.15) is 8.42 Å². The highest BCUT2D eigenvalue weighted by Gasteiger charge is 2.46. The van der Waals surface area contributed by atoms with E-state index in [1.807, 2.05) is 34.6 Å². The summed E-state index contributed by atoms with van der Waals surface area (Å²) in [5, 5.41) is 0.0574. The summed E-state index contributed by atoms with van der Waals surface area (Å²) in [5.74, 6) is -0.00156. The van der Waals surface area contributed by atoms with Gasteiger partial charge < -0.3 is 13.9 Å². The van der Waals surface area contributed by atoms with Gasteiger partial charge in [-0.3, -0.25) is 9.08 Å². The number of carbonyl (C=O) groups is 1. The summed E-state index contributed by atoms with van der Waals surface area (Å²) in [6, 6.07) is -0.203. The first-order chi connectivity index (χ1) is 14.1. The molecule has 0 spiro atoms. The third-order valence-electron chi connectivity index (χ3n) is 6.08. The third kappa shape index (κ3) is 9.28. The van der Waals surface area contributed by atoms with Crippen molar-refractivity contribution in [3.05, 3.63) is 0 Å². The smallest absolute Gasteiger partial charge is 0.412 e. The maximum absolute atomic E-state index is 13.0. The zero-order valence-electron chi connectivity index (χ0n) is 21.9. The van der Waals surface area contributed by atoms with Crippen LogP contribution in [0.5, 0.6) is 0 Å². The maximum atomic E-state index is 13.0. The number of rotatable bonds is 9. The van der Waals surface area contributed by atoms with E-state index in [1.165, 1.54) is 0 Å². The quantitative estimate of drug-likeness (QED) is 0.336. The second-order valence-electron chi connectivity index (χ2n) is 11.7. The minimum absolute atomic E-state index is 0.00156. The minimum Gasteiger partial charge on any atom is -0.444 e. The van der Waals surface area contributed by atoms with Gasteiger partial charge in [-0.1, -0.05) is 20.8 Å². The van der Waals surface area contributed by atoms with Crippen LogP contribution in [0.1, 0.15) is 68.2 Å². The van der Waals surface area contributed by atoms with E-state index in [4.69, 9.17) is 18.1 Å². The monoisotopic (exact) mass is 495 g/mol. The zero-order valence-corrected chi connectivity index (χ0v) is 23.7. The van der Waals surface area contributed by atoms with E-state index < -0.39 is 35.9 Å². The van der Waals surface area contributed by atoms with E-state index in [9.17, 15) is 13.2 Å². The summed E-state index contributed by atoms with van der Waals surface area (Å²) in [5.41, 5.74) is -1.41. The minimum atomic E-state index is -3.52. The highest BCUT2D eigenvalue weighted by atomic mass is 32.2.